The Morgan fingerprint density at radius 3 is 2.47 bits per heavy atom. The molecule has 4 nitrogen and oxygen atoms in total. The topological polar surface area (TPSA) is 46.6 Å². The molecule has 15 heavy (non-hydrogen) atoms. The number of nitrogens with zero attached hydrogens (tertiary/aromatic N) is 1. The van der Waals surface area contributed by atoms with Crippen LogP contribution in [0.15, 0.2) is 0 Å². The molecule has 0 aliphatic heterocycles. The summed E-state index contributed by atoms with van der Waals surface area (Å²) in [6.45, 7) is 7.43. The van der Waals surface area contributed by atoms with Gasteiger partial charge in [0.05, 0.1) is 0 Å². The zero-order chi connectivity index (χ0) is 11.6. The highest BCUT2D eigenvalue weighted by Crippen LogP contribution is 2.38. The summed E-state index contributed by atoms with van der Waals surface area (Å²) in [6.07, 6.45) is 1.96. The third-order valence-corrected chi connectivity index (χ3v) is 2.48. The molecule has 0 radical (unpaired) electrons. The Hall–Kier alpha value is -1.06. The van der Waals surface area contributed by atoms with Crippen LogP contribution in [0.5, 0.6) is 0 Å². The maximum absolute atomic E-state index is 11.6. The third kappa shape index (κ3) is 3.22. The van der Waals surface area contributed by atoms with E-state index in [4.69, 9.17) is 4.74 Å². The van der Waals surface area contributed by atoms with E-state index in [1.54, 1.807) is 20.8 Å². The number of rotatable bonds is 3. The van der Waals surface area contributed by atoms with Gasteiger partial charge < -0.3 is 4.74 Å². The van der Waals surface area contributed by atoms with Crippen molar-refractivity contribution in [3.8, 4) is 0 Å². The van der Waals surface area contributed by atoms with Crippen molar-refractivity contribution < 1.29 is 14.3 Å². The van der Waals surface area contributed by atoms with Crippen molar-refractivity contribution >= 4 is 12.5 Å². The van der Waals surface area contributed by atoms with Crippen LogP contribution in [0, 0.1) is 5.92 Å². The predicted molar refractivity (Wildman–Crippen MR) is 56.3 cm³/mol. The van der Waals surface area contributed by atoms with E-state index in [2.05, 4.69) is 6.92 Å². The summed E-state index contributed by atoms with van der Waals surface area (Å²) < 4.78 is 5.14. The fourth-order valence-corrected chi connectivity index (χ4v) is 1.58. The van der Waals surface area contributed by atoms with Gasteiger partial charge in [0.2, 0.25) is 6.41 Å². The first-order valence-corrected chi connectivity index (χ1v) is 5.35. The molecule has 0 aromatic heterocycles. The Balaban J connectivity index is 2.53. The second kappa shape index (κ2) is 4.21. The van der Waals surface area contributed by atoms with Gasteiger partial charge in [-0.3, -0.25) is 4.79 Å². The molecule has 2 amide bonds. The molecule has 0 bridgehead atoms. The van der Waals surface area contributed by atoms with E-state index in [9.17, 15) is 9.59 Å². The molecule has 0 spiro atoms. The fraction of sp³-hybridized carbons (Fsp3) is 0.818. The van der Waals surface area contributed by atoms with Gasteiger partial charge in [0, 0.05) is 6.04 Å². The number of hydrogen-bond donors (Lipinski definition) is 0. The van der Waals surface area contributed by atoms with Gasteiger partial charge in [0.1, 0.15) is 5.60 Å². The first kappa shape index (κ1) is 12.0. The van der Waals surface area contributed by atoms with Crippen LogP contribution >= 0.6 is 0 Å². The number of carbonyl (C=O) groups is 2. The SMILES string of the molecule is CCC1CC1N(C=O)C(=O)OC(C)(C)C. The summed E-state index contributed by atoms with van der Waals surface area (Å²) in [5.41, 5.74) is -0.547. The van der Waals surface area contributed by atoms with Crippen LogP contribution in [-0.2, 0) is 9.53 Å². The predicted octanol–water partition coefficient (Wildman–Crippen LogP) is 2.18. The lowest BCUT2D eigenvalue weighted by atomic mass is 10.2. The lowest BCUT2D eigenvalue weighted by molar-refractivity contribution is -0.118. The molecule has 1 rings (SSSR count). The maximum atomic E-state index is 11.6. The van der Waals surface area contributed by atoms with Crippen LogP contribution in [0.1, 0.15) is 40.5 Å². The van der Waals surface area contributed by atoms with Crippen molar-refractivity contribution in [2.45, 2.75) is 52.2 Å². The molecule has 2 atom stereocenters. The minimum atomic E-state index is -0.547. The lowest BCUT2D eigenvalue weighted by Crippen LogP contribution is -2.38. The number of hydrogen-bond acceptors (Lipinski definition) is 3. The van der Waals surface area contributed by atoms with E-state index < -0.39 is 11.7 Å². The molecule has 0 saturated heterocycles. The highest BCUT2D eigenvalue weighted by molar-refractivity contribution is 5.81. The normalized spacial score (nSPS) is 24.5. The monoisotopic (exact) mass is 213 g/mol. The quantitative estimate of drug-likeness (QED) is 0.675. The van der Waals surface area contributed by atoms with Gasteiger partial charge in [-0.25, -0.2) is 9.69 Å². The first-order chi connectivity index (χ1) is 6.89. The van der Waals surface area contributed by atoms with Crippen molar-refractivity contribution in [2.24, 2.45) is 5.92 Å². The van der Waals surface area contributed by atoms with Crippen molar-refractivity contribution in [3.05, 3.63) is 0 Å². The van der Waals surface area contributed by atoms with Gasteiger partial charge in [-0.1, -0.05) is 13.3 Å². The van der Waals surface area contributed by atoms with Crippen molar-refractivity contribution in [3.63, 3.8) is 0 Å². The molecule has 4 heteroatoms. The Kier molecular flexibility index (Phi) is 3.37. The maximum Gasteiger partial charge on any atom is 0.417 e. The van der Waals surface area contributed by atoms with Crippen LogP contribution in [-0.4, -0.2) is 29.0 Å². The third-order valence-electron chi connectivity index (χ3n) is 2.48. The molecule has 1 aliphatic rings. The van der Waals surface area contributed by atoms with E-state index in [1.165, 1.54) is 4.90 Å². The first-order valence-electron chi connectivity index (χ1n) is 5.35. The Morgan fingerprint density at radius 2 is 2.13 bits per heavy atom. The average molecular weight is 213 g/mol. The van der Waals surface area contributed by atoms with E-state index in [1.807, 2.05) is 0 Å². The highest BCUT2D eigenvalue weighted by Gasteiger charge is 2.43. The second-order valence-electron chi connectivity index (χ2n) is 4.96. The number of carbonyl (C=O) groups excluding carboxylic acids is 2. The van der Waals surface area contributed by atoms with Crippen molar-refractivity contribution in [1.29, 1.82) is 0 Å². The molecule has 86 valence electrons. The number of amides is 2. The van der Waals surface area contributed by atoms with Gasteiger partial charge in [-0.15, -0.1) is 0 Å². The standard InChI is InChI=1S/C11H19NO3/c1-5-8-6-9(8)12(7-13)10(14)15-11(2,3)4/h7-9H,5-6H2,1-4H3. The van der Waals surface area contributed by atoms with Gasteiger partial charge in [-0.2, -0.15) is 0 Å². The highest BCUT2D eigenvalue weighted by atomic mass is 16.6. The van der Waals surface area contributed by atoms with Crippen molar-refractivity contribution in [1.82, 2.24) is 4.90 Å². The molecule has 2 unspecified atom stereocenters. The van der Waals surface area contributed by atoms with Gasteiger partial charge >= 0.3 is 6.09 Å². The summed E-state index contributed by atoms with van der Waals surface area (Å²) in [6, 6.07) is 0.0577. The molecule has 1 saturated carbocycles. The molecule has 0 aromatic rings. The Bertz CT molecular complexity index is 257. The van der Waals surface area contributed by atoms with Crippen LogP contribution in [0.2, 0.25) is 0 Å². The second-order valence-corrected chi connectivity index (χ2v) is 4.96. The number of ether oxygens (including phenoxy) is 1. The molecule has 1 aliphatic carbocycles. The summed E-state index contributed by atoms with van der Waals surface area (Å²) in [5.74, 6) is 0.461. The summed E-state index contributed by atoms with van der Waals surface area (Å²) in [4.78, 5) is 23.6. The minimum Gasteiger partial charge on any atom is -0.443 e. The van der Waals surface area contributed by atoms with E-state index in [0.717, 1.165) is 12.8 Å². The summed E-state index contributed by atoms with van der Waals surface area (Å²) in [5, 5.41) is 0. The lowest BCUT2D eigenvalue weighted by Gasteiger charge is -2.23. The molecule has 1 fully saturated rings. The zero-order valence-corrected chi connectivity index (χ0v) is 9.82. The number of imide groups is 1. The van der Waals surface area contributed by atoms with Gasteiger partial charge in [0.15, 0.2) is 0 Å². The van der Waals surface area contributed by atoms with Crippen LogP contribution in [0.4, 0.5) is 4.79 Å². The average Bonchev–Trinajstić information content (AvgIpc) is 2.81. The Morgan fingerprint density at radius 1 is 1.53 bits per heavy atom. The van der Waals surface area contributed by atoms with Crippen LogP contribution in [0.3, 0.4) is 0 Å². The van der Waals surface area contributed by atoms with Gasteiger partial charge in [0.25, 0.3) is 0 Å². The molecular formula is C11H19NO3. The van der Waals surface area contributed by atoms with Gasteiger partial charge in [-0.05, 0) is 33.1 Å². The summed E-state index contributed by atoms with van der Waals surface area (Å²) in [7, 11) is 0. The van der Waals surface area contributed by atoms with E-state index >= 15 is 0 Å². The van der Waals surface area contributed by atoms with Crippen LogP contribution < -0.4 is 0 Å². The Labute approximate surface area is 90.6 Å². The smallest absolute Gasteiger partial charge is 0.417 e. The zero-order valence-electron chi connectivity index (χ0n) is 9.82. The molecular weight excluding hydrogens is 194 g/mol. The fourth-order valence-electron chi connectivity index (χ4n) is 1.58. The largest absolute Gasteiger partial charge is 0.443 e. The van der Waals surface area contributed by atoms with Crippen molar-refractivity contribution in [2.75, 3.05) is 0 Å². The molecule has 0 aromatic carbocycles. The molecule has 0 N–H and O–H groups in total. The minimum absolute atomic E-state index is 0.0577. The van der Waals surface area contributed by atoms with E-state index in [-0.39, 0.29) is 6.04 Å². The summed E-state index contributed by atoms with van der Waals surface area (Å²) >= 11 is 0. The van der Waals surface area contributed by atoms with E-state index in [0.29, 0.717) is 12.3 Å². The van der Waals surface area contributed by atoms with Crippen LogP contribution in [0.25, 0.3) is 0 Å². The molecule has 0 heterocycles.